The van der Waals surface area contributed by atoms with Crippen molar-refractivity contribution in [3.8, 4) is 5.75 Å². The van der Waals surface area contributed by atoms with Gasteiger partial charge in [0.25, 0.3) is 5.91 Å². The van der Waals surface area contributed by atoms with Crippen molar-refractivity contribution in [2.45, 2.75) is 12.6 Å². The van der Waals surface area contributed by atoms with Crippen molar-refractivity contribution in [2.75, 3.05) is 7.11 Å². The fourth-order valence-electron chi connectivity index (χ4n) is 4.36. The largest absolute Gasteiger partial charge is 0.497 e. The molecule has 0 radical (unpaired) electrons. The van der Waals surface area contributed by atoms with E-state index in [4.69, 9.17) is 4.74 Å². The number of carbonyl (C=O) groups excluding carboxylic acids is 1. The van der Waals surface area contributed by atoms with Crippen LogP contribution in [0.2, 0.25) is 0 Å². The Labute approximate surface area is 199 Å². The van der Waals surface area contributed by atoms with E-state index in [1.165, 1.54) is 5.56 Å². The fourth-order valence-corrected chi connectivity index (χ4v) is 4.36. The van der Waals surface area contributed by atoms with Gasteiger partial charge in [-0.15, -0.1) is 0 Å². The lowest BCUT2D eigenvalue weighted by Gasteiger charge is -2.19. The third-order valence-corrected chi connectivity index (χ3v) is 6.07. The topological polar surface area (TPSA) is 43.3 Å². The first-order chi connectivity index (χ1) is 16.7. The van der Waals surface area contributed by atoms with E-state index in [0.717, 1.165) is 34.3 Å². The highest BCUT2D eigenvalue weighted by atomic mass is 16.5. The number of carbonyl (C=O) groups is 1. The van der Waals surface area contributed by atoms with Gasteiger partial charge in [0.2, 0.25) is 0 Å². The fraction of sp³-hybridized carbons (Fsp3) is 0.100. The molecule has 5 rings (SSSR count). The van der Waals surface area contributed by atoms with E-state index in [1.54, 1.807) is 7.11 Å². The number of methoxy groups -OCH3 is 1. The zero-order valence-corrected chi connectivity index (χ0v) is 19.0. The van der Waals surface area contributed by atoms with Crippen molar-refractivity contribution < 1.29 is 9.53 Å². The summed E-state index contributed by atoms with van der Waals surface area (Å²) in [6, 6.07) is 35.6. The van der Waals surface area contributed by atoms with E-state index < -0.39 is 0 Å². The summed E-state index contributed by atoms with van der Waals surface area (Å²) >= 11 is 0. The van der Waals surface area contributed by atoms with E-state index in [0.29, 0.717) is 5.56 Å². The molecule has 0 fully saturated rings. The van der Waals surface area contributed by atoms with Crippen LogP contribution in [0.3, 0.4) is 0 Å². The van der Waals surface area contributed by atoms with Gasteiger partial charge in [-0.05, 0) is 41.5 Å². The number of rotatable bonds is 7. The Morgan fingerprint density at radius 3 is 2.18 bits per heavy atom. The van der Waals surface area contributed by atoms with E-state index >= 15 is 0 Å². The molecular formula is C30H26N2O2. The van der Waals surface area contributed by atoms with Crippen LogP contribution in [0.4, 0.5) is 0 Å². The number of ether oxygens (including phenoxy) is 1. The van der Waals surface area contributed by atoms with Crippen LogP contribution in [0, 0.1) is 0 Å². The molecule has 0 aliphatic carbocycles. The van der Waals surface area contributed by atoms with E-state index in [2.05, 4.69) is 64.6 Å². The molecule has 5 aromatic rings. The average Bonchev–Trinajstić information content (AvgIpc) is 3.25. The molecule has 34 heavy (non-hydrogen) atoms. The van der Waals surface area contributed by atoms with Crippen LogP contribution in [0.1, 0.15) is 33.1 Å². The SMILES string of the molecule is COc1ccc2c(c1)c([C@H](NC(=O)c1ccccc1)c1ccccc1)cn2Cc1ccccc1. The van der Waals surface area contributed by atoms with Crippen molar-refractivity contribution in [1.82, 2.24) is 9.88 Å². The molecule has 1 N–H and O–H groups in total. The number of hydrogen-bond acceptors (Lipinski definition) is 2. The van der Waals surface area contributed by atoms with Gasteiger partial charge in [-0.25, -0.2) is 0 Å². The van der Waals surface area contributed by atoms with Crippen LogP contribution in [0.5, 0.6) is 5.75 Å². The molecule has 4 heteroatoms. The zero-order valence-electron chi connectivity index (χ0n) is 19.0. The average molecular weight is 447 g/mol. The predicted molar refractivity (Wildman–Crippen MR) is 136 cm³/mol. The van der Waals surface area contributed by atoms with Crippen LogP contribution < -0.4 is 10.1 Å². The van der Waals surface area contributed by atoms with Gasteiger partial charge in [0, 0.05) is 34.8 Å². The van der Waals surface area contributed by atoms with Gasteiger partial charge in [-0.3, -0.25) is 4.79 Å². The summed E-state index contributed by atoms with van der Waals surface area (Å²) < 4.78 is 7.78. The Morgan fingerprint density at radius 1 is 0.853 bits per heavy atom. The monoisotopic (exact) mass is 446 g/mol. The van der Waals surface area contributed by atoms with Gasteiger partial charge in [0.1, 0.15) is 5.75 Å². The summed E-state index contributed by atoms with van der Waals surface area (Å²) in [5.41, 5.74) is 4.99. The van der Waals surface area contributed by atoms with Crippen molar-refractivity contribution in [1.29, 1.82) is 0 Å². The van der Waals surface area contributed by atoms with E-state index in [-0.39, 0.29) is 11.9 Å². The number of aromatic nitrogens is 1. The van der Waals surface area contributed by atoms with E-state index in [9.17, 15) is 4.79 Å². The lowest BCUT2D eigenvalue weighted by molar-refractivity contribution is 0.0943. The second-order valence-electron chi connectivity index (χ2n) is 8.26. The molecule has 0 aliphatic heterocycles. The van der Waals surface area contributed by atoms with Gasteiger partial charge in [-0.2, -0.15) is 0 Å². The first-order valence-electron chi connectivity index (χ1n) is 11.3. The molecule has 4 aromatic carbocycles. The highest BCUT2D eigenvalue weighted by molar-refractivity contribution is 5.95. The number of fused-ring (bicyclic) bond motifs is 1. The quantitative estimate of drug-likeness (QED) is 0.323. The maximum atomic E-state index is 13.2. The molecule has 1 heterocycles. The Balaban J connectivity index is 1.63. The third-order valence-electron chi connectivity index (χ3n) is 6.07. The molecule has 0 spiro atoms. The van der Waals surface area contributed by atoms with Crippen LogP contribution in [0.25, 0.3) is 10.9 Å². The molecule has 1 amide bonds. The Morgan fingerprint density at radius 2 is 1.50 bits per heavy atom. The molecule has 0 saturated heterocycles. The van der Waals surface area contributed by atoms with Gasteiger partial charge in [0.05, 0.1) is 13.2 Å². The van der Waals surface area contributed by atoms with Gasteiger partial charge < -0.3 is 14.6 Å². The normalized spacial score (nSPS) is 11.8. The summed E-state index contributed by atoms with van der Waals surface area (Å²) in [7, 11) is 1.67. The van der Waals surface area contributed by atoms with Crippen molar-refractivity contribution >= 4 is 16.8 Å². The molecule has 0 bridgehead atoms. The second-order valence-corrected chi connectivity index (χ2v) is 8.26. The summed E-state index contributed by atoms with van der Waals surface area (Å²) in [5, 5.41) is 4.33. The summed E-state index contributed by atoms with van der Waals surface area (Å²) in [4.78, 5) is 13.2. The number of hydrogen-bond donors (Lipinski definition) is 1. The van der Waals surface area contributed by atoms with Gasteiger partial charge in [-0.1, -0.05) is 78.9 Å². The Bertz CT molecular complexity index is 1390. The molecule has 0 saturated carbocycles. The van der Waals surface area contributed by atoms with Gasteiger partial charge >= 0.3 is 0 Å². The Kier molecular flexibility index (Phi) is 6.13. The highest BCUT2D eigenvalue weighted by Crippen LogP contribution is 2.34. The maximum absolute atomic E-state index is 13.2. The maximum Gasteiger partial charge on any atom is 0.252 e. The summed E-state index contributed by atoms with van der Waals surface area (Å²) in [6.45, 7) is 0.734. The van der Waals surface area contributed by atoms with Crippen molar-refractivity contribution in [3.05, 3.63) is 138 Å². The lowest BCUT2D eigenvalue weighted by atomic mass is 9.97. The molecule has 168 valence electrons. The molecule has 4 nitrogen and oxygen atoms in total. The standard InChI is InChI=1S/C30H26N2O2/c1-34-25-17-18-28-26(19-25)27(21-32(28)20-22-11-5-2-6-12-22)29(23-13-7-3-8-14-23)31-30(33)24-15-9-4-10-16-24/h2-19,21,29H,20H2,1H3,(H,31,33)/t29-/m1/s1. The van der Waals surface area contributed by atoms with Crippen LogP contribution >= 0.6 is 0 Å². The number of benzene rings is 4. The minimum Gasteiger partial charge on any atom is -0.497 e. The molecule has 0 unspecified atom stereocenters. The first-order valence-corrected chi connectivity index (χ1v) is 11.3. The smallest absolute Gasteiger partial charge is 0.252 e. The minimum atomic E-state index is -0.319. The number of nitrogens with zero attached hydrogens (tertiary/aromatic N) is 1. The summed E-state index contributed by atoms with van der Waals surface area (Å²) in [6.07, 6.45) is 2.15. The molecule has 1 aromatic heterocycles. The number of nitrogens with one attached hydrogen (secondary N) is 1. The first kappa shape index (κ1) is 21.5. The zero-order chi connectivity index (χ0) is 23.3. The van der Waals surface area contributed by atoms with E-state index in [1.807, 2.05) is 60.7 Å². The van der Waals surface area contributed by atoms with Crippen LogP contribution in [-0.4, -0.2) is 17.6 Å². The van der Waals surface area contributed by atoms with Crippen molar-refractivity contribution in [3.63, 3.8) is 0 Å². The van der Waals surface area contributed by atoms with Crippen molar-refractivity contribution in [2.24, 2.45) is 0 Å². The third kappa shape index (κ3) is 4.44. The molecule has 1 atom stereocenters. The highest BCUT2D eigenvalue weighted by Gasteiger charge is 2.23. The predicted octanol–water partition coefficient (Wildman–Crippen LogP) is 6.22. The number of amides is 1. The van der Waals surface area contributed by atoms with Crippen LogP contribution in [0.15, 0.2) is 115 Å². The van der Waals surface area contributed by atoms with Gasteiger partial charge in [0.15, 0.2) is 0 Å². The minimum absolute atomic E-state index is 0.110. The Hall–Kier alpha value is -4.31. The van der Waals surface area contributed by atoms with Crippen LogP contribution in [-0.2, 0) is 6.54 Å². The summed E-state index contributed by atoms with van der Waals surface area (Å²) in [5.74, 6) is 0.675. The molecule has 0 aliphatic rings. The second kappa shape index (κ2) is 9.67. The molecular weight excluding hydrogens is 420 g/mol. The lowest BCUT2D eigenvalue weighted by Crippen LogP contribution is -2.29.